The summed E-state index contributed by atoms with van der Waals surface area (Å²) in [5.74, 6) is 0.712. The molecule has 0 spiro atoms. The Morgan fingerprint density at radius 1 is 1.21 bits per heavy atom. The molecule has 2 aromatic rings. The highest BCUT2D eigenvalue weighted by Gasteiger charge is 2.21. The molecule has 124 valence electrons. The molecule has 1 heterocycles. The topological polar surface area (TPSA) is 41.5 Å². The van der Waals surface area contributed by atoms with E-state index in [9.17, 15) is 4.79 Å². The minimum atomic E-state index is -0.311. The van der Waals surface area contributed by atoms with Crippen LogP contribution in [0.3, 0.4) is 0 Å². The maximum Gasteiger partial charge on any atom is 0.237 e. The van der Waals surface area contributed by atoms with E-state index in [0.29, 0.717) is 15.7 Å². The molecule has 0 saturated heterocycles. The van der Waals surface area contributed by atoms with Crippen LogP contribution >= 0.6 is 46.7 Å². The largest absolute Gasteiger partial charge is 0.323 e. The number of hydrogen-bond acceptors (Lipinski definition) is 4. The summed E-state index contributed by atoms with van der Waals surface area (Å²) in [6.07, 6.45) is 0. The molecule has 1 unspecified atom stereocenters. The molecule has 1 N–H and O–H groups in total. The zero-order chi connectivity index (χ0) is 17.1. The van der Waals surface area contributed by atoms with Crippen LogP contribution in [0.25, 0.3) is 0 Å². The third-order valence-corrected chi connectivity index (χ3v) is 6.34. The Balaban J connectivity index is 1.68. The van der Waals surface area contributed by atoms with Gasteiger partial charge in [0.1, 0.15) is 4.38 Å². The van der Waals surface area contributed by atoms with Crippen molar-refractivity contribution < 1.29 is 4.79 Å². The van der Waals surface area contributed by atoms with Crippen LogP contribution in [0.2, 0.25) is 10.0 Å². The number of rotatable bonds is 3. The van der Waals surface area contributed by atoms with E-state index >= 15 is 0 Å². The Bertz CT molecular complexity index is 791. The van der Waals surface area contributed by atoms with Gasteiger partial charge < -0.3 is 5.32 Å². The standard InChI is InChI=1S/C17H14Cl2N2OS2/c1-10(16(22)21-15-12(18)6-4-7-13(15)19)24-17-20-14-8-3-2-5-11(14)9-23-17/h2-8,10H,9H2,1H3,(H,21,22). The lowest BCUT2D eigenvalue weighted by atomic mass is 10.2. The van der Waals surface area contributed by atoms with Crippen molar-refractivity contribution in [2.24, 2.45) is 4.99 Å². The van der Waals surface area contributed by atoms with E-state index in [4.69, 9.17) is 23.2 Å². The first-order valence-corrected chi connectivity index (χ1v) is 9.87. The first-order chi connectivity index (χ1) is 11.5. The highest BCUT2D eigenvalue weighted by atomic mass is 35.5. The fourth-order valence-corrected chi connectivity index (χ4v) is 4.80. The van der Waals surface area contributed by atoms with Gasteiger partial charge in [0.2, 0.25) is 5.91 Å². The predicted octanol–water partition coefficient (Wildman–Crippen LogP) is 5.99. The summed E-state index contributed by atoms with van der Waals surface area (Å²) >= 11 is 15.3. The molecular formula is C17H14Cl2N2OS2. The monoisotopic (exact) mass is 396 g/mol. The molecule has 3 rings (SSSR count). The fraction of sp³-hybridized carbons (Fsp3) is 0.176. The Hall–Kier alpha value is -1.14. The average molecular weight is 397 g/mol. The first-order valence-electron chi connectivity index (χ1n) is 7.25. The molecule has 0 radical (unpaired) electrons. The predicted molar refractivity (Wildman–Crippen MR) is 107 cm³/mol. The number of anilines is 1. The number of amides is 1. The van der Waals surface area contributed by atoms with Crippen molar-refractivity contribution in [3.63, 3.8) is 0 Å². The fourth-order valence-electron chi connectivity index (χ4n) is 2.12. The maximum absolute atomic E-state index is 12.4. The normalized spacial score (nSPS) is 14.5. The summed E-state index contributed by atoms with van der Waals surface area (Å²) in [6.45, 7) is 1.84. The molecule has 2 aromatic carbocycles. The van der Waals surface area contributed by atoms with Crippen LogP contribution in [0.15, 0.2) is 47.5 Å². The minimum absolute atomic E-state index is 0.155. The number of carbonyl (C=O) groups excluding carboxylic acids is 1. The van der Waals surface area contributed by atoms with Crippen molar-refractivity contribution >= 4 is 68.4 Å². The highest BCUT2D eigenvalue weighted by Crippen LogP contribution is 2.36. The third kappa shape index (κ3) is 4.09. The number of nitrogens with one attached hydrogen (secondary N) is 1. The van der Waals surface area contributed by atoms with E-state index in [1.807, 2.05) is 25.1 Å². The Morgan fingerprint density at radius 2 is 1.92 bits per heavy atom. The lowest BCUT2D eigenvalue weighted by molar-refractivity contribution is -0.115. The summed E-state index contributed by atoms with van der Waals surface area (Å²) in [7, 11) is 0. The quantitative estimate of drug-likeness (QED) is 0.692. The van der Waals surface area contributed by atoms with E-state index in [-0.39, 0.29) is 11.2 Å². The van der Waals surface area contributed by atoms with Gasteiger partial charge in [-0.15, -0.1) is 0 Å². The SMILES string of the molecule is CC(SC1=Nc2ccccc2CS1)C(=O)Nc1c(Cl)cccc1Cl. The van der Waals surface area contributed by atoms with Crippen molar-refractivity contribution in [2.75, 3.05) is 5.32 Å². The number of thioether (sulfide) groups is 2. The number of aliphatic imine (C=N–C) groups is 1. The number of hydrogen-bond donors (Lipinski definition) is 1. The van der Waals surface area contributed by atoms with Gasteiger partial charge in [-0.05, 0) is 30.7 Å². The zero-order valence-corrected chi connectivity index (χ0v) is 15.9. The summed E-state index contributed by atoms with van der Waals surface area (Å²) in [4.78, 5) is 17.0. The lowest BCUT2D eigenvalue weighted by Crippen LogP contribution is -2.24. The Kier molecular flexibility index (Phi) is 5.76. The summed E-state index contributed by atoms with van der Waals surface area (Å²) in [5, 5.41) is 3.33. The zero-order valence-electron chi connectivity index (χ0n) is 12.8. The van der Waals surface area contributed by atoms with Crippen LogP contribution in [-0.4, -0.2) is 15.5 Å². The van der Waals surface area contributed by atoms with Crippen LogP contribution in [0.5, 0.6) is 0 Å². The van der Waals surface area contributed by atoms with Crippen molar-refractivity contribution in [1.82, 2.24) is 0 Å². The highest BCUT2D eigenvalue weighted by molar-refractivity contribution is 8.39. The van der Waals surface area contributed by atoms with Gasteiger partial charge in [-0.25, -0.2) is 4.99 Å². The Labute approximate surface area is 159 Å². The van der Waals surface area contributed by atoms with Crippen molar-refractivity contribution in [1.29, 1.82) is 0 Å². The van der Waals surface area contributed by atoms with Gasteiger partial charge in [-0.1, -0.05) is 71.0 Å². The molecule has 0 saturated carbocycles. The number of para-hydroxylation sites is 2. The first kappa shape index (κ1) is 17.7. The van der Waals surface area contributed by atoms with E-state index in [0.717, 1.165) is 15.8 Å². The summed E-state index contributed by atoms with van der Waals surface area (Å²) in [6, 6.07) is 13.2. The molecule has 0 bridgehead atoms. The summed E-state index contributed by atoms with van der Waals surface area (Å²) < 4.78 is 0.890. The van der Waals surface area contributed by atoms with Crippen molar-refractivity contribution in [3.05, 3.63) is 58.1 Å². The molecule has 0 aromatic heterocycles. The maximum atomic E-state index is 12.4. The van der Waals surface area contributed by atoms with E-state index in [1.54, 1.807) is 30.0 Å². The third-order valence-electron chi connectivity index (χ3n) is 3.41. The van der Waals surface area contributed by atoms with Gasteiger partial charge in [-0.3, -0.25) is 4.79 Å². The van der Waals surface area contributed by atoms with Gasteiger partial charge in [0.15, 0.2) is 0 Å². The molecule has 1 atom stereocenters. The number of benzene rings is 2. The number of carbonyl (C=O) groups is 1. The minimum Gasteiger partial charge on any atom is -0.323 e. The molecule has 0 aliphatic carbocycles. The van der Waals surface area contributed by atoms with E-state index < -0.39 is 0 Å². The molecule has 7 heteroatoms. The number of nitrogens with zero attached hydrogens (tertiary/aromatic N) is 1. The van der Waals surface area contributed by atoms with Crippen LogP contribution in [-0.2, 0) is 10.5 Å². The molecular weight excluding hydrogens is 383 g/mol. The molecule has 1 aliphatic rings. The second-order valence-corrected chi connectivity index (χ2v) is 8.51. The lowest BCUT2D eigenvalue weighted by Gasteiger charge is -2.17. The van der Waals surface area contributed by atoms with Gasteiger partial charge in [0.05, 0.1) is 26.7 Å². The molecule has 1 aliphatic heterocycles. The number of fused-ring (bicyclic) bond motifs is 1. The van der Waals surface area contributed by atoms with E-state index in [2.05, 4.69) is 16.4 Å². The second-order valence-electron chi connectivity index (χ2n) is 5.14. The van der Waals surface area contributed by atoms with Crippen LogP contribution in [0, 0.1) is 0 Å². The van der Waals surface area contributed by atoms with E-state index in [1.165, 1.54) is 17.3 Å². The molecule has 0 fully saturated rings. The smallest absolute Gasteiger partial charge is 0.237 e. The van der Waals surface area contributed by atoms with Crippen molar-refractivity contribution in [3.8, 4) is 0 Å². The number of halogens is 2. The van der Waals surface area contributed by atoms with Gasteiger partial charge >= 0.3 is 0 Å². The summed E-state index contributed by atoms with van der Waals surface area (Å²) in [5.41, 5.74) is 2.63. The van der Waals surface area contributed by atoms with Crippen LogP contribution in [0.4, 0.5) is 11.4 Å². The van der Waals surface area contributed by atoms with Crippen LogP contribution in [0.1, 0.15) is 12.5 Å². The molecule has 1 amide bonds. The van der Waals surface area contributed by atoms with Crippen LogP contribution < -0.4 is 5.32 Å². The molecule has 3 nitrogen and oxygen atoms in total. The van der Waals surface area contributed by atoms with Gasteiger partial charge in [-0.2, -0.15) is 0 Å². The van der Waals surface area contributed by atoms with Crippen molar-refractivity contribution in [2.45, 2.75) is 17.9 Å². The van der Waals surface area contributed by atoms with Gasteiger partial charge in [0, 0.05) is 5.75 Å². The van der Waals surface area contributed by atoms with Gasteiger partial charge in [0.25, 0.3) is 0 Å². The molecule has 24 heavy (non-hydrogen) atoms. The second kappa shape index (κ2) is 7.83. The Morgan fingerprint density at radius 3 is 2.67 bits per heavy atom. The average Bonchev–Trinajstić information content (AvgIpc) is 2.58.